The lowest BCUT2D eigenvalue weighted by Crippen LogP contribution is -2.49. The van der Waals surface area contributed by atoms with E-state index in [2.05, 4.69) is 15.0 Å². The maximum atomic E-state index is 13.5. The molecule has 1 aliphatic heterocycles. The number of aryl methyl sites for hydroxylation is 1. The van der Waals surface area contributed by atoms with E-state index in [-0.39, 0.29) is 18.0 Å². The topological polar surface area (TPSA) is 84.2 Å². The second-order valence-electron chi connectivity index (χ2n) is 7.02. The van der Waals surface area contributed by atoms with Crippen LogP contribution in [0.15, 0.2) is 41.8 Å². The molecule has 2 aromatic heterocycles. The van der Waals surface area contributed by atoms with E-state index in [4.69, 9.17) is 0 Å². The highest BCUT2D eigenvalue weighted by Gasteiger charge is 2.30. The minimum Gasteiger partial charge on any atom is -0.354 e. The number of benzene rings is 1. The van der Waals surface area contributed by atoms with Gasteiger partial charge in [-0.05, 0) is 26.0 Å². The van der Waals surface area contributed by atoms with Crippen molar-refractivity contribution in [3.05, 3.63) is 59.9 Å². The van der Waals surface area contributed by atoms with Crippen molar-refractivity contribution in [2.24, 2.45) is 0 Å². The Balaban J connectivity index is 1.51. The number of piperazine rings is 1. The van der Waals surface area contributed by atoms with Crippen LogP contribution >= 0.6 is 0 Å². The van der Waals surface area contributed by atoms with E-state index in [9.17, 15) is 17.2 Å². The third kappa shape index (κ3) is 3.77. The SMILES string of the molecule is Cc1ncn(-c2cc(N3CCN(S(=O)(=O)c4cc(F)cc(F)c4)CC3)ncn2)c1C. The molecule has 8 nitrogen and oxygen atoms in total. The van der Waals surface area contributed by atoms with Gasteiger partial charge in [-0.1, -0.05) is 0 Å². The Bertz CT molecular complexity index is 1170. The van der Waals surface area contributed by atoms with Crippen molar-refractivity contribution >= 4 is 15.8 Å². The average molecular weight is 434 g/mol. The van der Waals surface area contributed by atoms with Gasteiger partial charge in [0, 0.05) is 44.0 Å². The van der Waals surface area contributed by atoms with E-state index in [0.717, 1.165) is 23.5 Å². The maximum Gasteiger partial charge on any atom is 0.243 e. The van der Waals surface area contributed by atoms with Crippen molar-refractivity contribution in [1.82, 2.24) is 23.8 Å². The normalized spacial score (nSPS) is 15.5. The molecule has 4 rings (SSSR count). The average Bonchev–Trinajstić information content (AvgIpc) is 3.06. The molecule has 0 saturated carbocycles. The molecule has 1 aliphatic rings. The molecular formula is C19H20F2N6O2S. The fraction of sp³-hybridized carbons (Fsp3) is 0.316. The molecule has 0 radical (unpaired) electrons. The van der Waals surface area contributed by atoms with Crippen molar-refractivity contribution in [2.75, 3.05) is 31.1 Å². The predicted octanol–water partition coefficient (Wildman–Crippen LogP) is 2.07. The largest absolute Gasteiger partial charge is 0.354 e. The highest BCUT2D eigenvalue weighted by Crippen LogP contribution is 2.22. The Labute approximate surface area is 172 Å². The Kier molecular flexibility index (Phi) is 5.24. The predicted molar refractivity (Wildman–Crippen MR) is 106 cm³/mol. The van der Waals surface area contributed by atoms with Gasteiger partial charge in [0.2, 0.25) is 10.0 Å². The molecule has 0 spiro atoms. The van der Waals surface area contributed by atoms with Crippen LogP contribution in [0, 0.1) is 25.5 Å². The molecule has 158 valence electrons. The lowest BCUT2D eigenvalue weighted by atomic mass is 10.3. The van der Waals surface area contributed by atoms with E-state index in [1.807, 2.05) is 29.4 Å². The highest BCUT2D eigenvalue weighted by atomic mass is 32.2. The van der Waals surface area contributed by atoms with Gasteiger partial charge in [-0.25, -0.2) is 32.2 Å². The van der Waals surface area contributed by atoms with Crippen LogP contribution in [0.3, 0.4) is 0 Å². The molecule has 1 fully saturated rings. The molecule has 1 saturated heterocycles. The number of imidazole rings is 1. The Morgan fingerprint density at radius 2 is 1.50 bits per heavy atom. The first-order chi connectivity index (χ1) is 14.3. The van der Waals surface area contributed by atoms with Crippen molar-refractivity contribution in [3.8, 4) is 5.82 Å². The van der Waals surface area contributed by atoms with E-state index >= 15 is 0 Å². The number of aromatic nitrogens is 4. The third-order valence-corrected chi connectivity index (χ3v) is 7.05. The summed E-state index contributed by atoms with van der Waals surface area (Å²) < 4.78 is 55.5. The lowest BCUT2D eigenvalue weighted by Gasteiger charge is -2.34. The lowest BCUT2D eigenvalue weighted by molar-refractivity contribution is 0.383. The molecule has 0 unspecified atom stereocenters. The van der Waals surface area contributed by atoms with E-state index < -0.39 is 21.7 Å². The van der Waals surface area contributed by atoms with Gasteiger partial charge in [0.05, 0.1) is 10.6 Å². The minimum atomic E-state index is -3.99. The summed E-state index contributed by atoms with van der Waals surface area (Å²) in [5.41, 5.74) is 1.88. The minimum absolute atomic E-state index is 0.170. The fourth-order valence-electron chi connectivity index (χ4n) is 3.36. The van der Waals surface area contributed by atoms with E-state index in [0.29, 0.717) is 30.8 Å². The summed E-state index contributed by atoms with van der Waals surface area (Å²) in [6.07, 6.45) is 3.15. The zero-order chi connectivity index (χ0) is 21.5. The first-order valence-corrected chi connectivity index (χ1v) is 10.7. The molecule has 0 bridgehead atoms. The highest BCUT2D eigenvalue weighted by molar-refractivity contribution is 7.89. The molecule has 0 amide bonds. The Morgan fingerprint density at radius 1 is 0.867 bits per heavy atom. The third-order valence-electron chi connectivity index (χ3n) is 5.17. The van der Waals surface area contributed by atoms with Gasteiger partial charge in [0.15, 0.2) is 0 Å². The summed E-state index contributed by atoms with van der Waals surface area (Å²) in [7, 11) is -3.99. The van der Waals surface area contributed by atoms with Crippen molar-refractivity contribution in [1.29, 1.82) is 0 Å². The van der Waals surface area contributed by atoms with Crippen LogP contribution in [-0.4, -0.2) is 58.4 Å². The molecule has 0 aliphatic carbocycles. The van der Waals surface area contributed by atoms with Gasteiger partial charge in [-0.3, -0.25) is 4.57 Å². The molecule has 30 heavy (non-hydrogen) atoms. The number of rotatable bonds is 4. The van der Waals surface area contributed by atoms with Gasteiger partial charge >= 0.3 is 0 Å². The summed E-state index contributed by atoms with van der Waals surface area (Å²) in [6, 6.07) is 4.13. The second-order valence-corrected chi connectivity index (χ2v) is 8.95. The van der Waals surface area contributed by atoms with Gasteiger partial charge in [0.25, 0.3) is 0 Å². The van der Waals surface area contributed by atoms with Gasteiger partial charge in [0.1, 0.15) is 35.9 Å². The van der Waals surface area contributed by atoms with Gasteiger partial charge in [-0.2, -0.15) is 4.31 Å². The fourth-order valence-corrected chi connectivity index (χ4v) is 4.82. The molecule has 11 heteroatoms. The molecule has 0 atom stereocenters. The first-order valence-electron chi connectivity index (χ1n) is 9.30. The summed E-state index contributed by atoms with van der Waals surface area (Å²) in [5, 5.41) is 0. The maximum absolute atomic E-state index is 13.5. The number of halogens is 2. The Hall–Kier alpha value is -2.92. The summed E-state index contributed by atoms with van der Waals surface area (Å²) in [4.78, 5) is 14.4. The zero-order valence-corrected chi connectivity index (χ0v) is 17.3. The van der Waals surface area contributed by atoms with Crippen molar-refractivity contribution in [2.45, 2.75) is 18.7 Å². The van der Waals surface area contributed by atoms with Gasteiger partial charge in [-0.15, -0.1) is 0 Å². The first kappa shape index (κ1) is 20.4. The molecule has 0 N–H and O–H groups in total. The van der Waals surface area contributed by atoms with Gasteiger partial charge < -0.3 is 4.90 Å². The van der Waals surface area contributed by atoms with Crippen LogP contribution in [0.2, 0.25) is 0 Å². The zero-order valence-electron chi connectivity index (χ0n) is 16.5. The Morgan fingerprint density at radius 3 is 2.10 bits per heavy atom. The number of anilines is 1. The van der Waals surface area contributed by atoms with Crippen LogP contribution in [0.4, 0.5) is 14.6 Å². The number of hydrogen-bond donors (Lipinski definition) is 0. The summed E-state index contributed by atoms with van der Waals surface area (Å²) in [6.45, 7) is 4.97. The van der Waals surface area contributed by atoms with E-state index in [1.54, 1.807) is 6.33 Å². The quantitative estimate of drug-likeness (QED) is 0.625. The second kappa shape index (κ2) is 7.73. The summed E-state index contributed by atoms with van der Waals surface area (Å²) >= 11 is 0. The smallest absolute Gasteiger partial charge is 0.243 e. The van der Waals surface area contributed by atoms with Crippen LogP contribution < -0.4 is 4.90 Å². The van der Waals surface area contributed by atoms with Crippen LogP contribution in [0.1, 0.15) is 11.4 Å². The number of nitrogens with zero attached hydrogens (tertiary/aromatic N) is 6. The molecular weight excluding hydrogens is 414 g/mol. The molecule has 3 aromatic rings. The van der Waals surface area contributed by atoms with Crippen LogP contribution in [-0.2, 0) is 10.0 Å². The monoisotopic (exact) mass is 434 g/mol. The molecule has 1 aromatic carbocycles. The standard InChI is InChI=1S/C19H20F2N6O2S/c1-13-14(2)27(12-24-13)19-10-18(22-11-23-19)25-3-5-26(6-4-25)30(28,29)17-8-15(20)7-16(21)9-17/h7-12H,3-6H2,1-2H3. The van der Waals surface area contributed by atoms with Crippen molar-refractivity contribution < 1.29 is 17.2 Å². The number of hydrogen-bond acceptors (Lipinski definition) is 6. The molecule has 3 heterocycles. The number of sulfonamides is 1. The van der Waals surface area contributed by atoms with Crippen LogP contribution in [0.5, 0.6) is 0 Å². The van der Waals surface area contributed by atoms with E-state index in [1.165, 1.54) is 10.6 Å². The summed E-state index contributed by atoms with van der Waals surface area (Å²) in [5.74, 6) is -0.514. The van der Waals surface area contributed by atoms with Crippen molar-refractivity contribution in [3.63, 3.8) is 0 Å². The van der Waals surface area contributed by atoms with Crippen LogP contribution in [0.25, 0.3) is 5.82 Å².